The van der Waals surface area contributed by atoms with Crippen molar-refractivity contribution < 1.29 is 19.1 Å². The van der Waals surface area contributed by atoms with Crippen LogP contribution in [-0.4, -0.2) is 51.1 Å². The number of hydrogen-bond acceptors (Lipinski definition) is 5. The van der Waals surface area contributed by atoms with Gasteiger partial charge in [-0.2, -0.15) is 0 Å². The van der Waals surface area contributed by atoms with Crippen LogP contribution < -0.4 is 14.8 Å². The molecule has 1 heterocycles. The molecule has 0 bridgehead atoms. The Morgan fingerprint density at radius 1 is 1.20 bits per heavy atom. The number of nitrogens with one attached hydrogen (secondary N) is 1. The van der Waals surface area contributed by atoms with Gasteiger partial charge in [0.15, 0.2) is 0 Å². The van der Waals surface area contributed by atoms with Gasteiger partial charge in [-0.25, -0.2) is 0 Å². The maximum absolute atomic E-state index is 12.1. The van der Waals surface area contributed by atoms with E-state index in [1.807, 2.05) is 29.6 Å². The molecule has 6 nitrogen and oxygen atoms in total. The Morgan fingerprint density at radius 2 is 2.00 bits per heavy atom. The van der Waals surface area contributed by atoms with Gasteiger partial charge in [-0.3, -0.25) is 9.59 Å². The molecule has 0 unspecified atom stereocenters. The molecule has 0 saturated carbocycles. The van der Waals surface area contributed by atoms with Crippen molar-refractivity contribution in [3.05, 3.63) is 46.2 Å². The van der Waals surface area contributed by atoms with Crippen molar-refractivity contribution in [1.82, 2.24) is 10.2 Å². The van der Waals surface area contributed by atoms with Crippen molar-refractivity contribution in [2.24, 2.45) is 0 Å². The fourth-order valence-electron chi connectivity index (χ4n) is 2.35. The minimum Gasteiger partial charge on any atom is -0.497 e. The van der Waals surface area contributed by atoms with Gasteiger partial charge >= 0.3 is 0 Å². The van der Waals surface area contributed by atoms with Crippen LogP contribution in [0.2, 0.25) is 0 Å². The van der Waals surface area contributed by atoms with E-state index in [0.29, 0.717) is 17.8 Å². The predicted octanol–water partition coefficient (Wildman–Crippen LogP) is 2.20. The van der Waals surface area contributed by atoms with Gasteiger partial charge in [-0.1, -0.05) is 6.07 Å². The summed E-state index contributed by atoms with van der Waals surface area (Å²) in [6, 6.07) is 9.11. The number of carbonyl (C=O) groups is 2. The molecule has 0 radical (unpaired) electrons. The molecule has 1 aromatic carbocycles. The molecule has 25 heavy (non-hydrogen) atoms. The van der Waals surface area contributed by atoms with E-state index in [9.17, 15) is 9.59 Å². The first-order valence-electron chi connectivity index (χ1n) is 7.81. The van der Waals surface area contributed by atoms with Gasteiger partial charge in [0.1, 0.15) is 11.5 Å². The molecule has 0 aliphatic carbocycles. The summed E-state index contributed by atoms with van der Waals surface area (Å²) < 4.78 is 10.5. The average Bonchev–Trinajstić information content (AvgIpc) is 3.15. The zero-order valence-corrected chi connectivity index (χ0v) is 15.4. The second kappa shape index (κ2) is 9.08. The molecule has 0 aliphatic heterocycles. The highest BCUT2D eigenvalue weighted by atomic mass is 32.1. The van der Waals surface area contributed by atoms with Crippen molar-refractivity contribution in [2.75, 3.05) is 34.4 Å². The quantitative estimate of drug-likeness (QED) is 0.782. The van der Waals surface area contributed by atoms with Gasteiger partial charge in [-0.15, -0.1) is 11.3 Å². The van der Waals surface area contributed by atoms with Gasteiger partial charge in [0, 0.05) is 13.6 Å². The zero-order chi connectivity index (χ0) is 18.2. The lowest BCUT2D eigenvalue weighted by Gasteiger charge is -2.16. The van der Waals surface area contributed by atoms with Crippen LogP contribution >= 0.6 is 11.3 Å². The number of benzene rings is 1. The molecule has 2 amide bonds. The third-order valence-corrected chi connectivity index (χ3v) is 4.52. The second-order valence-electron chi connectivity index (χ2n) is 5.42. The Morgan fingerprint density at radius 3 is 2.64 bits per heavy atom. The van der Waals surface area contributed by atoms with Gasteiger partial charge in [0.2, 0.25) is 5.91 Å². The minimum absolute atomic E-state index is 0.0198. The van der Waals surface area contributed by atoms with Crippen molar-refractivity contribution >= 4 is 23.2 Å². The lowest BCUT2D eigenvalue weighted by atomic mass is 10.1. The lowest BCUT2D eigenvalue weighted by molar-refractivity contribution is -0.121. The van der Waals surface area contributed by atoms with E-state index in [4.69, 9.17) is 9.47 Å². The number of thiophene rings is 1. The van der Waals surface area contributed by atoms with E-state index >= 15 is 0 Å². The molecule has 7 heteroatoms. The third-order valence-electron chi connectivity index (χ3n) is 3.66. The van der Waals surface area contributed by atoms with Gasteiger partial charge in [0.25, 0.3) is 5.91 Å². The number of hydrogen-bond donors (Lipinski definition) is 1. The molecule has 0 saturated heterocycles. The molecular weight excluding hydrogens is 340 g/mol. The smallest absolute Gasteiger partial charge is 0.264 e. The van der Waals surface area contributed by atoms with Crippen LogP contribution in [0.25, 0.3) is 0 Å². The number of rotatable bonds is 8. The number of carbonyl (C=O) groups excluding carboxylic acids is 2. The van der Waals surface area contributed by atoms with Crippen molar-refractivity contribution in [3.63, 3.8) is 0 Å². The highest BCUT2D eigenvalue weighted by molar-refractivity contribution is 7.12. The van der Waals surface area contributed by atoms with E-state index in [-0.39, 0.29) is 18.4 Å². The Hall–Kier alpha value is -2.54. The molecule has 0 spiro atoms. The van der Waals surface area contributed by atoms with Crippen LogP contribution in [0.4, 0.5) is 0 Å². The van der Waals surface area contributed by atoms with Crippen LogP contribution in [0.5, 0.6) is 11.5 Å². The Labute approximate surface area is 151 Å². The van der Waals surface area contributed by atoms with Crippen LogP contribution in [-0.2, 0) is 11.2 Å². The summed E-state index contributed by atoms with van der Waals surface area (Å²) in [5.41, 5.74) is 0.949. The van der Waals surface area contributed by atoms with E-state index in [2.05, 4.69) is 5.32 Å². The van der Waals surface area contributed by atoms with Gasteiger partial charge in [0.05, 0.1) is 25.6 Å². The zero-order valence-electron chi connectivity index (χ0n) is 14.6. The fraction of sp³-hybridized carbons (Fsp3) is 0.333. The number of ether oxygens (including phenoxy) is 2. The summed E-state index contributed by atoms with van der Waals surface area (Å²) in [4.78, 5) is 26.2. The standard InChI is InChI=1S/C18H22N2O4S/c1-20(18(22)16-5-4-10-25-16)12-17(21)19-9-8-13-11-14(23-2)6-7-15(13)24-3/h4-7,10-11H,8-9,12H2,1-3H3,(H,19,21). The third kappa shape index (κ3) is 5.22. The van der Waals surface area contributed by atoms with Crippen molar-refractivity contribution in [3.8, 4) is 11.5 Å². The normalized spacial score (nSPS) is 10.2. The molecule has 1 N–H and O–H groups in total. The summed E-state index contributed by atoms with van der Waals surface area (Å²) in [5.74, 6) is 1.14. The Bertz CT molecular complexity index is 716. The molecule has 0 fully saturated rings. The topological polar surface area (TPSA) is 67.9 Å². The first-order chi connectivity index (χ1) is 12.0. The highest BCUT2D eigenvalue weighted by Crippen LogP contribution is 2.24. The van der Waals surface area contributed by atoms with E-state index < -0.39 is 0 Å². The number of amides is 2. The largest absolute Gasteiger partial charge is 0.497 e. The summed E-state index contributed by atoms with van der Waals surface area (Å²) in [7, 11) is 4.83. The summed E-state index contributed by atoms with van der Waals surface area (Å²) >= 11 is 1.36. The SMILES string of the molecule is COc1ccc(OC)c(CCNC(=O)CN(C)C(=O)c2cccs2)c1. The van der Waals surface area contributed by atoms with E-state index in [1.54, 1.807) is 27.3 Å². The van der Waals surface area contributed by atoms with E-state index in [0.717, 1.165) is 17.1 Å². The molecule has 2 aromatic rings. The molecule has 2 rings (SSSR count). The summed E-state index contributed by atoms with van der Waals surface area (Å²) in [6.45, 7) is 0.468. The molecule has 0 atom stereocenters. The maximum atomic E-state index is 12.1. The van der Waals surface area contributed by atoms with Crippen LogP contribution in [0.15, 0.2) is 35.7 Å². The van der Waals surface area contributed by atoms with Crippen LogP contribution in [0.1, 0.15) is 15.2 Å². The Kier molecular flexibility index (Phi) is 6.82. The molecular formula is C18H22N2O4S. The van der Waals surface area contributed by atoms with Gasteiger partial charge in [-0.05, 0) is 41.6 Å². The van der Waals surface area contributed by atoms with Crippen LogP contribution in [0, 0.1) is 0 Å². The first-order valence-corrected chi connectivity index (χ1v) is 8.69. The molecule has 134 valence electrons. The number of likely N-dealkylation sites (N-methyl/N-ethyl adjacent to an activating group) is 1. The van der Waals surface area contributed by atoms with Crippen molar-refractivity contribution in [1.29, 1.82) is 0 Å². The lowest BCUT2D eigenvalue weighted by Crippen LogP contribution is -2.38. The first kappa shape index (κ1) is 18.8. The van der Waals surface area contributed by atoms with Crippen molar-refractivity contribution in [2.45, 2.75) is 6.42 Å². The monoisotopic (exact) mass is 362 g/mol. The van der Waals surface area contributed by atoms with Crippen LogP contribution in [0.3, 0.4) is 0 Å². The maximum Gasteiger partial charge on any atom is 0.264 e. The number of nitrogens with zero attached hydrogens (tertiary/aromatic N) is 1. The average molecular weight is 362 g/mol. The minimum atomic E-state index is -0.200. The Balaban J connectivity index is 1.83. The fourth-order valence-corrected chi connectivity index (χ4v) is 3.06. The number of methoxy groups -OCH3 is 2. The highest BCUT2D eigenvalue weighted by Gasteiger charge is 2.15. The van der Waals surface area contributed by atoms with Gasteiger partial charge < -0.3 is 19.7 Å². The molecule has 1 aromatic heterocycles. The summed E-state index contributed by atoms with van der Waals surface area (Å²) in [6.07, 6.45) is 0.606. The van der Waals surface area contributed by atoms with E-state index in [1.165, 1.54) is 16.2 Å². The second-order valence-corrected chi connectivity index (χ2v) is 6.36. The molecule has 0 aliphatic rings. The summed E-state index contributed by atoms with van der Waals surface area (Å²) in [5, 5.41) is 4.66. The predicted molar refractivity (Wildman–Crippen MR) is 97.5 cm³/mol.